The average molecular weight is 211 g/mol. The molecule has 1 saturated heterocycles. The molecule has 2 rings (SSSR count). The Morgan fingerprint density at radius 3 is 2.93 bits per heavy atom. The third-order valence-electron chi connectivity index (χ3n) is 2.93. The molecular weight excluding hydrogens is 193 g/mol. The van der Waals surface area contributed by atoms with Crippen LogP contribution in [0.3, 0.4) is 0 Å². The van der Waals surface area contributed by atoms with E-state index in [9.17, 15) is 4.39 Å². The minimum atomic E-state index is -1.29. The topological polar surface area (TPSA) is 29.9 Å². The van der Waals surface area contributed by atoms with Crippen molar-refractivity contribution >= 4 is 0 Å². The van der Waals surface area contributed by atoms with Gasteiger partial charge in [-0.05, 0) is 33.2 Å². The molecule has 0 bridgehead atoms. The first-order valence-corrected chi connectivity index (χ1v) is 5.51. The molecule has 1 aromatic heterocycles. The van der Waals surface area contributed by atoms with Crippen LogP contribution in [0, 0.1) is 0 Å². The summed E-state index contributed by atoms with van der Waals surface area (Å²) in [4.78, 5) is 0. The molecule has 4 heteroatoms. The van der Waals surface area contributed by atoms with Gasteiger partial charge in [-0.3, -0.25) is 4.68 Å². The maximum Gasteiger partial charge on any atom is 0.133 e. The first-order valence-electron chi connectivity index (χ1n) is 5.51. The van der Waals surface area contributed by atoms with Crippen molar-refractivity contribution in [1.82, 2.24) is 15.1 Å². The van der Waals surface area contributed by atoms with Crippen molar-refractivity contribution in [1.29, 1.82) is 0 Å². The van der Waals surface area contributed by atoms with Crippen LogP contribution < -0.4 is 5.32 Å². The maximum absolute atomic E-state index is 13.6. The van der Waals surface area contributed by atoms with Gasteiger partial charge in [0.25, 0.3) is 0 Å². The minimum Gasteiger partial charge on any atom is -0.315 e. The Kier molecular flexibility index (Phi) is 2.78. The van der Waals surface area contributed by atoms with Crippen LogP contribution in [0.25, 0.3) is 0 Å². The fraction of sp³-hybridized carbons (Fsp3) is 0.727. The van der Waals surface area contributed by atoms with E-state index < -0.39 is 5.67 Å². The number of hydrogen-bond acceptors (Lipinski definition) is 2. The van der Waals surface area contributed by atoms with Crippen LogP contribution in [0.5, 0.6) is 0 Å². The molecule has 0 spiro atoms. The Balaban J connectivity index is 2.12. The summed E-state index contributed by atoms with van der Waals surface area (Å²) in [7, 11) is 0. The predicted molar refractivity (Wildman–Crippen MR) is 57.5 cm³/mol. The molecule has 1 fully saturated rings. The molecule has 84 valence electrons. The predicted octanol–water partition coefficient (Wildman–Crippen LogP) is 2.01. The summed E-state index contributed by atoms with van der Waals surface area (Å²) in [5, 5.41) is 7.57. The molecular formula is C11H18FN3. The molecule has 1 aromatic rings. The lowest BCUT2D eigenvalue weighted by Crippen LogP contribution is -2.31. The Morgan fingerprint density at radius 2 is 2.40 bits per heavy atom. The molecule has 0 radical (unpaired) electrons. The van der Waals surface area contributed by atoms with Crippen molar-refractivity contribution in [3.8, 4) is 0 Å². The van der Waals surface area contributed by atoms with Crippen LogP contribution in [0.4, 0.5) is 4.39 Å². The van der Waals surface area contributed by atoms with E-state index in [1.807, 2.05) is 10.9 Å². The lowest BCUT2D eigenvalue weighted by Gasteiger charge is -2.23. The highest BCUT2D eigenvalue weighted by molar-refractivity contribution is 5.13. The lowest BCUT2D eigenvalue weighted by molar-refractivity contribution is 0.221. The van der Waals surface area contributed by atoms with Crippen LogP contribution in [-0.2, 0) is 5.67 Å². The van der Waals surface area contributed by atoms with Gasteiger partial charge in [-0.2, -0.15) is 5.10 Å². The Labute approximate surface area is 89.7 Å². The second kappa shape index (κ2) is 3.93. The summed E-state index contributed by atoms with van der Waals surface area (Å²) in [5.41, 5.74) is -0.631. The van der Waals surface area contributed by atoms with E-state index >= 15 is 0 Å². The van der Waals surface area contributed by atoms with E-state index in [1.54, 1.807) is 20.0 Å². The number of aromatic nitrogens is 2. The van der Waals surface area contributed by atoms with Gasteiger partial charge in [0, 0.05) is 18.3 Å². The van der Waals surface area contributed by atoms with Gasteiger partial charge < -0.3 is 5.32 Å². The first kappa shape index (κ1) is 10.6. The van der Waals surface area contributed by atoms with Crippen LogP contribution in [0.2, 0.25) is 0 Å². The monoisotopic (exact) mass is 211 g/mol. The van der Waals surface area contributed by atoms with Crippen molar-refractivity contribution in [3.05, 3.63) is 18.0 Å². The van der Waals surface area contributed by atoms with Crippen LogP contribution in [-0.4, -0.2) is 22.9 Å². The van der Waals surface area contributed by atoms with Crippen LogP contribution in [0.15, 0.2) is 12.4 Å². The van der Waals surface area contributed by atoms with Crippen molar-refractivity contribution in [2.45, 2.75) is 38.4 Å². The number of nitrogens with one attached hydrogen (secondary N) is 1. The van der Waals surface area contributed by atoms with Crippen LogP contribution in [0.1, 0.15) is 38.3 Å². The zero-order chi connectivity index (χ0) is 10.9. The zero-order valence-corrected chi connectivity index (χ0v) is 9.33. The Bertz CT molecular complexity index is 321. The standard InChI is InChI=1S/C11H18FN3/c1-11(2,12)9-6-14-15(8-9)10-4-3-5-13-7-10/h6,8,10,13H,3-5,7H2,1-2H3. The maximum atomic E-state index is 13.6. The number of hydrogen-bond donors (Lipinski definition) is 1. The number of halogens is 1. The summed E-state index contributed by atoms with van der Waals surface area (Å²) in [6.07, 6.45) is 5.76. The Hall–Kier alpha value is -0.900. The molecule has 1 atom stereocenters. The van der Waals surface area contributed by atoms with Crippen molar-refractivity contribution in [2.24, 2.45) is 0 Å². The Morgan fingerprint density at radius 1 is 1.60 bits per heavy atom. The minimum absolute atomic E-state index is 0.384. The van der Waals surface area contributed by atoms with E-state index in [0.29, 0.717) is 11.6 Å². The summed E-state index contributed by atoms with van der Waals surface area (Å²) in [6, 6.07) is 0.384. The number of piperidine rings is 1. The summed E-state index contributed by atoms with van der Waals surface area (Å²) < 4.78 is 15.5. The van der Waals surface area contributed by atoms with E-state index in [4.69, 9.17) is 0 Å². The van der Waals surface area contributed by atoms with Gasteiger partial charge in [-0.1, -0.05) is 0 Å². The van der Waals surface area contributed by atoms with E-state index in [-0.39, 0.29) is 0 Å². The van der Waals surface area contributed by atoms with E-state index in [1.165, 1.54) is 6.42 Å². The SMILES string of the molecule is CC(C)(F)c1cnn(C2CCCNC2)c1. The molecule has 1 unspecified atom stereocenters. The fourth-order valence-electron chi connectivity index (χ4n) is 1.90. The number of nitrogens with zero attached hydrogens (tertiary/aromatic N) is 2. The highest BCUT2D eigenvalue weighted by Gasteiger charge is 2.23. The van der Waals surface area contributed by atoms with E-state index in [2.05, 4.69) is 10.4 Å². The van der Waals surface area contributed by atoms with Gasteiger partial charge >= 0.3 is 0 Å². The second-order valence-electron chi connectivity index (χ2n) is 4.68. The summed E-state index contributed by atoms with van der Waals surface area (Å²) >= 11 is 0. The average Bonchev–Trinajstić information content (AvgIpc) is 2.67. The van der Waals surface area contributed by atoms with Gasteiger partial charge in [-0.15, -0.1) is 0 Å². The third kappa shape index (κ3) is 2.37. The van der Waals surface area contributed by atoms with Crippen molar-refractivity contribution < 1.29 is 4.39 Å². The molecule has 0 amide bonds. The van der Waals surface area contributed by atoms with E-state index in [0.717, 1.165) is 19.5 Å². The third-order valence-corrected chi connectivity index (χ3v) is 2.93. The summed E-state index contributed by atoms with van der Waals surface area (Å²) in [6.45, 7) is 5.15. The molecule has 2 heterocycles. The molecule has 1 aliphatic heterocycles. The highest BCUT2D eigenvalue weighted by atomic mass is 19.1. The van der Waals surface area contributed by atoms with Crippen molar-refractivity contribution in [3.63, 3.8) is 0 Å². The normalized spacial score (nSPS) is 23.0. The highest BCUT2D eigenvalue weighted by Crippen LogP contribution is 2.25. The van der Waals surface area contributed by atoms with Crippen molar-refractivity contribution in [2.75, 3.05) is 13.1 Å². The molecule has 0 aliphatic carbocycles. The first-order chi connectivity index (χ1) is 7.07. The largest absolute Gasteiger partial charge is 0.315 e. The number of alkyl halides is 1. The molecule has 0 saturated carbocycles. The van der Waals surface area contributed by atoms with Gasteiger partial charge in [-0.25, -0.2) is 4.39 Å². The van der Waals surface area contributed by atoms with Gasteiger partial charge in [0.05, 0.1) is 12.2 Å². The fourth-order valence-corrected chi connectivity index (χ4v) is 1.90. The smallest absolute Gasteiger partial charge is 0.133 e. The molecule has 0 aromatic carbocycles. The zero-order valence-electron chi connectivity index (χ0n) is 9.33. The van der Waals surface area contributed by atoms with Crippen LogP contribution >= 0.6 is 0 Å². The quantitative estimate of drug-likeness (QED) is 0.811. The van der Waals surface area contributed by atoms with Gasteiger partial charge in [0.2, 0.25) is 0 Å². The lowest BCUT2D eigenvalue weighted by atomic mass is 10.0. The molecule has 1 aliphatic rings. The molecule has 3 nitrogen and oxygen atoms in total. The summed E-state index contributed by atoms with van der Waals surface area (Å²) in [5.74, 6) is 0. The molecule has 15 heavy (non-hydrogen) atoms. The van der Waals surface area contributed by atoms with Gasteiger partial charge in [0.15, 0.2) is 0 Å². The van der Waals surface area contributed by atoms with Gasteiger partial charge in [0.1, 0.15) is 5.67 Å². The molecule has 1 N–H and O–H groups in total. The number of rotatable bonds is 2. The second-order valence-corrected chi connectivity index (χ2v) is 4.68.